The number of benzene rings is 1. The van der Waals surface area contributed by atoms with Crippen LogP contribution in [0.1, 0.15) is 30.5 Å². The molecule has 3 nitrogen and oxygen atoms in total. The lowest BCUT2D eigenvalue weighted by Crippen LogP contribution is -2.21. The molecule has 1 aromatic rings. The molecule has 3 heteroatoms. The first kappa shape index (κ1) is 12.7. The molecule has 0 saturated heterocycles. The van der Waals surface area contributed by atoms with E-state index in [2.05, 4.69) is 5.32 Å². The van der Waals surface area contributed by atoms with Crippen molar-refractivity contribution < 1.29 is 9.53 Å². The molecule has 0 aliphatic heterocycles. The molecular weight excluding hydrogens is 202 g/mol. The molecule has 1 aromatic carbocycles. The van der Waals surface area contributed by atoms with E-state index in [1.165, 1.54) is 5.56 Å². The van der Waals surface area contributed by atoms with E-state index < -0.39 is 0 Å². The lowest BCUT2D eigenvalue weighted by atomic mass is 10.0. The van der Waals surface area contributed by atoms with E-state index in [9.17, 15) is 4.79 Å². The third kappa shape index (κ3) is 3.66. The smallest absolute Gasteiger partial charge is 0.307 e. The molecule has 16 heavy (non-hydrogen) atoms. The molecule has 0 spiro atoms. The first-order valence-corrected chi connectivity index (χ1v) is 5.56. The van der Waals surface area contributed by atoms with Gasteiger partial charge < -0.3 is 10.1 Å². The topological polar surface area (TPSA) is 38.3 Å². The van der Waals surface area contributed by atoms with Gasteiger partial charge in [-0.3, -0.25) is 4.79 Å². The Hall–Kier alpha value is -1.35. The van der Waals surface area contributed by atoms with Crippen molar-refractivity contribution in [3.05, 3.63) is 35.4 Å². The summed E-state index contributed by atoms with van der Waals surface area (Å²) in [6.45, 7) is 4.30. The van der Waals surface area contributed by atoms with E-state index in [-0.39, 0.29) is 12.0 Å². The third-order valence-corrected chi connectivity index (χ3v) is 2.50. The van der Waals surface area contributed by atoms with Gasteiger partial charge in [0.15, 0.2) is 0 Å². The molecule has 0 saturated carbocycles. The number of esters is 1. The van der Waals surface area contributed by atoms with E-state index in [4.69, 9.17) is 4.74 Å². The van der Waals surface area contributed by atoms with Crippen molar-refractivity contribution in [3.8, 4) is 0 Å². The van der Waals surface area contributed by atoms with Gasteiger partial charge in [0.2, 0.25) is 0 Å². The largest absolute Gasteiger partial charge is 0.466 e. The maximum absolute atomic E-state index is 11.4. The van der Waals surface area contributed by atoms with Crippen molar-refractivity contribution in [3.63, 3.8) is 0 Å². The molecule has 0 aliphatic rings. The van der Waals surface area contributed by atoms with E-state index in [1.54, 1.807) is 0 Å². The molecule has 0 aliphatic carbocycles. The van der Waals surface area contributed by atoms with Crippen molar-refractivity contribution in [1.82, 2.24) is 5.32 Å². The fraction of sp³-hybridized carbons (Fsp3) is 0.462. The zero-order chi connectivity index (χ0) is 12.0. The summed E-state index contributed by atoms with van der Waals surface area (Å²) in [4.78, 5) is 11.4. The molecule has 1 N–H and O–H groups in total. The summed E-state index contributed by atoms with van der Waals surface area (Å²) in [7, 11) is 1.85. The summed E-state index contributed by atoms with van der Waals surface area (Å²) in [6, 6.07) is 8.20. The number of rotatable bonds is 5. The van der Waals surface area contributed by atoms with Crippen LogP contribution >= 0.6 is 0 Å². The Balaban J connectivity index is 2.67. The highest BCUT2D eigenvalue weighted by Gasteiger charge is 2.14. The van der Waals surface area contributed by atoms with Gasteiger partial charge in [-0.2, -0.15) is 0 Å². The van der Waals surface area contributed by atoms with Crippen molar-refractivity contribution in [1.29, 1.82) is 0 Å². The Morgan fingerprint density at radius 1 is 1.38 bits per heavy atom. The minimum atomic E-state index is -0.164. The Morgan fingerprint density at radius 3 is 2.50 bits per heavy atom. The van der Waals surface area contributed by atoms with Gasteiger partial charge in [0, 0.05) is 6.04 Å². The summed E-state index contributed by atoms with van der Waals surface area (Å²) in [5.74, 6) is -0.164. The van der Waals surface area contributed by atoms with Gasteiger partial charge in [-0.25, -0.2) is 0 Å². The van der Waals surface area contributed by atoms with Crippen LogP contribution in [0.15, 0.2) is 24.3 Å². The molecule has 1 unspecified atom stereocenters. The van der Waals surface area contributed by atoms with Gasteiger partial charge in [0.05, 0.1) is 13.0 Å². The Labute approximate surface area is 96.8 Å². The Bertz CT molecular complexity index is 332. The predicted molar refractivity (Wildman–Crippen MR) is 64.2 cm³/mol. The van der Waals surface area contributed by atoms with E-state index in [0.717, 1.165) is 5.56 Å². The molecule has 0 fully saturated rings. The number of carbonyl (C=O) groups excluding carboxylic acids is 1. The molecule has 0 radical (unpaired) electrons. The summed E-state index contributed by atoms with van der Waals surface area (Å²) < 4.78 is 4.94. The van der Waals surface area contributed by atoms with Gasteiger partial charge >= 0.3 is 5.97 Å². The first-order valence-electron chi connectivity index (χ1n) is 5.56. The second-order valence-corrected chi connectivity index (χ2v) is 3.76. The summed E-state index contributed by atoms with van der Waals surface area (Å²) in [6.07, 6.45) is 0.368. The lowest BCUT2D eigenvalue weighted by Gasteiger charge is -2.15. The zero-order valence-corrected chi connectivity index (χ0v) is 10.1. The first-order chi connectivity index (χ1) is 7.67. The quantitative estimate of drug-likeness (QED) is 0.775. The molecule has 1 atom stereocenters. The second kappa shape index (κ2) is 6.28. The van der Waals surface area contributed by atoms with Crippen LogP contribution in [0, 0.1) is 6.92 Å². The van der Waals surface area contributed by atoms with Crippen molar-refractivity contribution in [2.45, 2.75) is 26.3 Å². The van der Waals surface area contributed by atoms with Crippen LogP contribution in [0.3, 0.4) is 0 Å². The van der Waals surface area contributed by atoms with Crippen LogP contribution in [0.4, 0.5) is 0 Å². The SMILES string of the molecule is CCOC(=O)CC(NC)c1ccc(C)cc1. The van der Waals surface area contributed by atoms with E-state index in [0.29, 0.717) is 13.0 Å². The number of carbonyl (C=O) groups is 1. The van der Waals surface area contributed by atoms with Crippen molar-refractivity contribution in [2.24, 2.45) is 0 Å². The molecule has 88 valence electrons. The van der Waals surface area contributed by atoms with Gasteiger partial charge in [0.25, 0.3) is 0 Å². The Morgan fingerprint density at radius 2 is 2.00 bits per heavy atom. The fourth-order valence-electron chi connectivity index (χ4n) is 1.57. The maximum atomic E-state index is 11.4. The van der Waals surface area contributed by atoms with E-state index >= 15 is 0 Å². The number of ether oxygens (including phenoxy) is 1. The standard InChI is InChI=1S/C13H19NO2/c1-4-16-13(15)9-12(14-3)11-7-5-10(2)6-8-11/h5-8,12,14H,4,9H2,1-3H3. The van der Waals surface area contributed by atoms with Crippen LogP contribution in [0.25, 0.3) is 0 Å². The normalized spacial score (nSPS) is 12.2. The number of aryl methyl sites for hydroxylation is 1. The molecular formula is C13H19NO2. The number of hydrogen-bond donors (Lipinski definition) is 1. The van der Waals surface area contributed by atoms with Crippen molar-refractivity contribution >= 4 is 5.97 Å². The highest BCUT2D eigenvalue weighted by molar-refractivity contribution is 5.70. The third-order valence-electron chi connectivity index (χ3n) is 2.50. The average Bonchev–Trinajstić information content (AvgIpc) is 2.27. The summed E-state index contributed by atoms with van der Waals surface area (Å²) >= 11 is 0. The molecule has 1 rings (SSSR count). The minimum absolute atomic E-state index is 0.0275. The van der Waals surface area contributed by atoms with Crippen molar-refractivity contribution in [2.75, 3.05) is 13.7 Å². The van der Waals surface area contributed by atoms with Crippen LogP contribution < -0.4 is 5.32 Å². The number of hydrogen-bond acceptors (Lipinski definition) is 3. The molecule has 0 amide bonds. The highest BCUT2D eigenvalue weighted by atomic mass is 16.5. The van der Waals surface area contributed by atoms with E-state index in [1.807, 2.05) is 45.2 Å². The maximum Gasteiger partial charge on any atom is 0.307 e. The van der Waals surface area contributed by atoms with Crippen LogP contribution in [0.2, 0.25) is 0 Å². The predicted octanol–water partition coefficient (Wildman–Crippen LogP) is 2.21. The fourth-order valence-corrected chi connectivity index (χ4v) is 1.57. The van der Waals surface area contributed by atoms with Gasteiger partial charge in [-0.1, -0.05) is 29.8 Å². The molecule has 0 heterocycles. The molecule has 0 bridgehead atoms. The van der Waals surface area contributed by atoms with Gasteiger partial charge in [-0.05, 0) is 26.5 Å². The average molecular weight is 221 g/mol. The second-order valence-electron chi connectivity index (χ2n) is 3.76. The highest BCUT2D eigenvalue weighted by Crippen LogP contribution is 2.17. The number of nitrogens with one attached hydrogen (secondary N) is 1. The summed E-state index contributed by atoms with van der Waals surface area (Å²) in [5.41, 5.74) is 2.33. The lowest BCUT2D eigenvalue weighted by molar-refractivity contribution is -0.143. The van der Waals surface area contributed by atoms with Gasteiger partial charge in [-0.15, -0.1) is 0 Å². The monoisotopic (exact) mass is 221 g/mol. The molecule has 0 aromatic heterocycles. The Kier molecular flexibility index (Phi) is 4.99. The van der Waals surface area contributed by atoms with Crippen LogP contribution in [0.5, 0.6) is 0 Å². The zero-order valence-electron chi connectivity index (χ0n) is 10.1. The minimum Gasteiger partial charge on any atom is -0.466 e. The van der Waals surface area contributed by atoms with Crippen LogP contribution in [-0.4, -0.2) is 19.6 Å². The van der Waals surface area contributed by atoms with Gasteiger partial charge in [0.1, 0.15) is 0 Å². The summed E-state index contributed by atoms with van der Waals surface area (Å²) in [5, 5.41) is 3.13. The van der Waals surface area contributed by atoms with Crippen LogP contribution in [-0.2, 0) is 9.53 Å².